The van der Waals surface area contributed by atoms with Crippen molar-refractivity contribution in [2.24, 2.45) is 0 Å². The summed E-state index contributed by atoms with van der Waals surface area (Å²) in [5.41, 5.74) is 1.99. The summed E-state index contributed by atoms with van der Waals surface area (Å²) in [5.74, 6) is 0.161. The molecule has 0 spiro atoms. The van der Waals surface area contributed by atoms with Crippen LogP contribution >= 0.6 is 0 Å². The van der Waals surface area contributed by atoms with Crippen molar-refractivity contribution >= 4 is 5.91 Å². The van der Waals surface area contributed by atoms with Crippen LogP contribution in [0.1, 0.15) is 22.3 Å². The van der Waals surface area contributed by atoms with Crippen LogP contribution in [-0.4, -0.2) is 48.9 Å². The number of aryl methyl sites for hydroxylation is 1. The molecule has 3 nitrogen and oxygen atoms in total. The fourth-order valence-electron chi connectivity index (χ4n) is 2.23. The highest BCUT2D eigenvalue weighted by molar-refractivity contribution is 5.94. The van der Waals surface area contributed by atoms with Crippen LogP contribution in [0.25, 0.3) is 0 Å². The lowest BCUT2D eigenvalue weighted by atomic mass is 10.1. The maximum absolute atomic E-state index is 12.2. The predicted octanol–water partition coefficient (Wildman–Crippen LogP) is 1.77. The van der Waals surface area contributed by atoms with Crippen molar-refractivity contribution in [3.63, 3.8) is 0 Å². The van der Waals surface area contributed by atoms with Gasteiger partial charge in [-0.05, 0) is 39.6 Å². The van der Waals surface area contributed by atoms with E-state index in [2.05, 4.69) is 19.0 Å². The van der Waals surface area contributed by atoms with E-state index >= 15 is 0 Å². The summed E-state index contributed by atoms with van der Waals surface area (Å²) in [5, 5.41) is 0. The standard InChI is InChI=1S/C14H20N2O/c1-11-4-6-12(7-5-11)14(17)16-9-8-13(10-16)15(2)3/h4-7,13H,8-10H2,1-3H3/t13-/m0/s1. The van der Waals surface area contributed by atoms with Gasteiger partial charge in [-0.25, -0.2) is 0 Å². The third-order valence-electron chi connectivity index (χ3n) is 3.48. The number of carbonyl (C=O) groups excluding carboxylic acids is 1. The molecule has 0 bridgehead atoms. The molecule has 0 N–H and O–H groups in total. The number of hydrogen-bond acceptors (Lipinski definition) is 2. The molecule has 1 aromatic carbocycles. The molecule has 1 amide bonds. The normalized spacial score (nSPS) is 20.0. The highest BCUT2D eigenvalue weighted by Crippen LogP contribution is 2.16. The molecule has 0 aromatic heterocycles. The second kappa shape index (κ2) is 4.88. The average molecular weight is 232 g/mol. The van der Waals surface area contributed by atoms with Gasteiger partial charge in [-0.3, -0.25) is 4.79 Å². The van der Waals surface area contributed by atoms with E-state index in [9.17, 15) is 4.79 Å². The van der Waals surface area contributed by atoms with Crippen molar-refractivity contribution in [1.82, 2.24) is 9.80 Å². The highest BCUT2D eigenvalue weighted by atomic mass is 16.2. The number of carbonyl (C=O) groups is 1. The molecule has 1 aliphatic heterocycles. The molecule has 1 saturated heterocycles. The van der Waals surface area contributed by atoms with E-state index in [4.69, 9.17) is 0 Å². The maximum atomic E-state index is 12.2. The van der Waals surface area contributed by atoms with Gasteiger partial charge >= 0.3 is 0 Å². The van der Waals surface area contributed by atoms with Crippen LogP contribution in [0.4, 0.5) is 0 Å². The van der Waals surface area contributed by atoms with Gasteiger partial charge < -0.3 is 9.80 Å². The zero-order valence-corrected chi connectivity index (χ0v) is 10.8. The van der Waals surface area contributed by atoms with Crippen LogP contribution in [0.3, 0.4) is 0 Å². The summed E-state index contributed by atoms with van der Waals surface area (Å²) in [6.45, 7) is 3.75. The third kappa shape index (κ3) is 2.67. The zero-order valence-electron chi connectivity index (χ0n) is 10.8. The topological polar surface area (TPSA) is 23.6 Å². The van der Waals surface area contributed by atoms with Gasteiger partial charge in [0.25, 0.3) is 5.91 Å². The molecule has 0 aliphatic carbocycles. The van der Waals surface area contributed by atoms with Crippen molar-refractivity contribution in [3.05, 3.63) is 35.4 Å². The van der Waals surface area contributed by atoms with Gasteiger partial charge in [0.05, 0.1) is 0 Å². The quantitative estimate of drug-likeness (QED) is 0.776. The fourth-order valence-corrected chi connectivity index (χ4v) is 2.23. The van der Waals surface area contributed by atoms with Crippen LogP contribution in [0.2, 0.25) is 0 Å². The van der Waals surface area contributed by atoms with Crippen LogP contribution < -0.4 is 0 Å². The molecule has 1 fully saturated rings. The number of rotatable bonds is 2. The SMILES string of the molecule is Cc1ccc(C(=O)N2CC[C@H](N(C)C)C2)cc1. The average Bonchev–Trinajstić information content (AvgIpc) is 2.78. The Morgan fingerprint density at radius 1 is 1.29 bits per heavy atom. The lowest BCUT2D eigenvalue weighted by molar-refractivity contribution is 0.0783. The summed E-state index contributed by atoms with van der Waals surface area (Å²) in [6, 6.07) is 8.32. The van der Waals surface area contributed by atoms with Crippen LogP contribution in [-0.2, 0) is 0 Å². The predicted molar refractivity (Wildman–Crippen MR) is 69.2 cm³/mol. The van der Waals surface area contributed by atoms with Crippen molar-refractivity contribution in [3.8, 4) is 0 Å². The Hall–Kier alpha value is -1.35. The van der Waals surface area contributed by atoms with Gasteiger partial charge in [-0.2, -0.15) is 0 Å². The number of benzene rings is 1. The summed E-state index contributed by atoms with van der Waals surface area (Å²) >= 11 is 0. The maximum Gasteiger partial charge on any atom is 0.253 e. The lowest BCUT2D eigenvalue weighted by Crippen LogP contribution is -2.34. The molecule has 0 unspecified atom stereocenters. The van der Waals surface area contributed by atoms with Gasteiger partial charge in [-0.15, -0.1) is 0 Å². The molecule has 1 aliphatic rings. The van der Waals surface area contributed by atoms with Gasteiger partial charge in [0.15, 0.2) is 0 Å². The first-order valence-corrected chi connectivity index (χ1v) is 6.10. The van der Waals surface area contributed by atoms with E-state index in [-0.39, 0.29) is 5.91 Å². The van der Waals surface area contributed by atoms with Crippen molar-refractivity contribution < 1.29 is 4.79 Å². The van der Waals surface area contributed by atoms with E-state index in [0.29, 0.717) is 6.04 Å². The minimum atomic E-state index is 0.161. The van der Waals surface area contributed by atoms with Crippen LogP contribution in [0.15, 0.2) is 24.3 Å². The Balaban J connectivity index is 2.04. The number of likely N-dealkylation sites (tertiary alicyclic amines) is 1. The Morgan fingerprint density at radius 3 is 2.47 bits per heavy atom. The summed E-state index contributed by atoms with van der Waals surface area (Å²) in [7, 11) is 4.15. The molecule has 1 heterocycles. The van der Waals surface area contributed by atoms with Crippen molar-refractivity contribution in [2.45, 2.75) is 19.4 Å². The fraction of sp³-hybridized carbons (Fsp3) is 0.500. The molecule has 3 heteroatoms. The third-order valence-corrected chi connectivity index (χ3v) is 3.48. The first-order chi connectivity index (χ1) is 8.08. The molecule has 0 radical (unpaired) electrons. The van der Waals surface area contributed by atoms with E-state index in [1.807, 2.05) is 36.1 Å². The summed E-state index contributed by atoms with van der Waals surface area (Å²) in [4.78, 5) is 16.4. The molecule has 1 atom stereocenters. The Labute approximate surface area is 103 Å². The first-order valence-electron chi connectivity index (χ1n) is 6.10. The first kappa shape index (κ1) is 12.1. The van der Waals surface area contributed by atoms with E-state index < -0.39 is 0 Å². The van der Waals surface area contributed by atoms with Crippen molar-refractivity contribution in [1.29, 1.82) is 0 Å². The number of hydrogen-bond donors (Lipinski definition) is 0. The molecule has 0 saturated carbocycles. The summed E-state index contributed by atoms with van der Waals surface area (Å²) < 4.78 is 0. The van der Waals surface area contributed by atoms with Crippen molar-refractivity contribution in [2.75, 3.05) is 27.2 Å². The summed E-state index contributed by atoms with van der Waals surface area (Å²) in [6.07, 6.45) is 1.07. The molecule has 17 heavy (non-hydrogen) atoms. The minimum absolute atomic E-state index is 0.161. The smallest absolute Gasteiger partial charge is 0.253 e. The second-order valence-corrected chi connectivity index (χ2v) is 5.02. The van der Waals surface area contributed by atoms with Gasteiger partial charge in [0.2, 0.25) is 0 Å². The highest BCUT2D eigenvalue weighted by Gasteiger charge is 2.27. The molecule has 2 rings (SSSR count). The number of amides is 1. The lowest BCUT2D eigenvalue weighted by Gasteiger charge is -2.20. The second-order valence-electron chi connectivity index (χ2n) is 5.02. The van der Waals surface area contributed by atoms with Gasteiger partial charge in [-0.1, -0.05) is 17.7 Å². The van der Waals surface area contributed by atoms with Crippen LogP contribution in [0, 0.1) is 6.92 Å². The molecule has 92 valence electrons. The number of likely N-dealkylation sites (N-methyl/N-ethyl adjacent to an activating group) is 1. The minimum Gasteiger partial charge on any atom is -0.337 e. The largest absolute Gasteiger partial charge is 0.337 e. The van der Waals surface area contributed by atoms with E-state index in [1.165, 1.54) is 5.56 Å². The van der Waals surface area contributed by atoms with Crippen LogP contribution in [0.5, 0.6) is 0 Å². The zero-order chi connectivity index (χ0) is 12.4. The molecular weight excluding hydrogens is 212 g/mol. The Morgan fingerprint density at radius 2 is 1.94 bits per heavy atom. The van der Waals surface area contributed by atoms with Gasteiger partial charge in [0, 0.05) is 24.7 Å². The number of nitrogens with zero attached hydrogens (tertiary/aromatic N) is 2. The monoisotopic (exact) mass is 232 g/mol. The Kier molecular flexibility index (Phi) is 3.48. The van der Waals surface area contributed by atoms with E-state index in [1.54, 1.807) is 0 Å². The molecule has 1 aromatic rings. The Bertz CT molecular complexity index is 397. The van der Waals surface area contributed by atoms with E-state index in [0.717, 1.165) is 25.1 Å². The molecular formula is C14H20N2O. The van der Waals surface area contributed by atoms with Gasteiger partial charge in [0.1, 0.15) is 0 Å².